The molecule has 0 saturated heterocycles. The van der Waals surface area contributed by atoms with Crippen molar-refractivity contribution >= 4 is 27.7 Å². The van der Waals surface area contributed by atoms with Crippen molar-refractivity contribution in [1.82, 2.24) is 14.9 Å². The van der Waals surface area contributed by atoms with Crippen molar-refractivity contribution in [1.29, 1.82) is 0 Å². The number of ether oxygens (including phenoxy) is 1. The molecule has 0 aliphatic heterocycles. The van der Waals surface area contributed by atoms with Crippen molar-refractivity contribution < 1.29 is 9.13 Å². The summed E-state index contributed by atoms with van der Waals surface area (Å²) in [6.07, 6.45) is 0. The molecule has 1 heterocycles. The van der Waals surface area contributed by atoms with Gasteiger partial charge in [-0.15, -0.1) is 10.2 Å². The molecule has 0 bridgehead atoms. The number of nitrogens with two attached hydrogens (primary N) is 1. The van der Waals surface area contributed by atoms with E-state index in [9.17, 15) is 4.39 Å². The number of hydrogen-bond acceptors (Lipinski definition) is 5. The predicted molar refractivity (Wildman–Crippen MR) is 95.8 cm³/mol. The summed E-state index contributed by atoms with van der Waals surface area (Å²) in [5.41, 5.74) is 1.58. The van der Waals surface area contributed by atoms with Crippen LogP contribution in [0.5, 0.6) is 5.75 Å². The minimum Gasteiger partial charge on any atom is -0.496 e. The molecule has 3 rings (SSSR count). The lowest BCUT2D eigenvalue weighted by molar-refractivity contribution is 0.410. The highest BCUT2D eigenvalue weighted by Gasteiger charge is 2.15. The number of nitrogens with zero attached hydrogens (tertiary/aromatic N) is 3. The van der Waals surface area contributed by atoms with E-state index < -0.39 is 0 Å². The summed E-state index contributed by atoms with van der Waals surface area (Å²) >= 11 is 4.84. The number of thioether (sulfide) groups is 1. The van der Waals surface area contributed by atoms with Gasteiger partial charge in [0.25, 0.3) is 0 Å². The van der Waals surface area contributed by atoms with Crippen LogP contribution in [-0.4, -0.2) is 22.0 Å². The van der Waals surface area contributed by atoms with E-state index in [0.29, 0.717) is 22.5 Å². The third-order valence-corrected chi connectivity index (χ3v) is 5.06. The van der Waals surface area contributed by atoms with Gasteiger partial charge in [0.1, 0.15) is 11.6 Å². The molecule has 0 amide bonds. The molecule has 2 N–H and O–H groups in total. The molecule has 8 heteroatoms. The Labute approximate surface area is 151 Å². The summed E-state index contributed by atoms with van der Waals surface area (Å²) < 4.78 is 21.0. The smallest absolute Gasteiger partial charge is 0.210 e. The average molecular weight is 409 g/mol. The monoisotopic (exact) mass is 408 g/mol. The van der Waals surface area contributed by atoms with Crippen molar-refractivity contribution in [3.63, 3.8) is 0 Å². The van der Waals surface area contributed by atoms with Crippen molar-refractivity contribution in [3.8, 4) is 17.1 Å². The number of methoxy groups -OCH3 is 1. The molecule has 0 saturated carbocycles. The number of rotatable bonds is 5. The van der Waals surface area contributed by atoms with Crippen molar-refractivity contribution in [2.24, 2.45) is 0 Å². The summed E-state index contributed by atoms with van der Waals surface area (Å²) in [5, 5.41) is 8.81. The predicted octanol–water partition coefficient (Wildman–Crippen LogP) is 3.86. The van der Waals surface area contributed by atoms with Gasteiger partial charge < -0.3 is 10.6 Å². The first kappa shape index (κ1) is 16.8. The van der Waals surface area contributed by atoms with Gasteiger partial charge in [-0.2, -0.15) is 0 Å². The molecular weight excluding hydrogens is 395 g/mol. The van der Waals surface area contributed by atoms with Crippen LogP contribution in [0, 0.1) is 5.82 Å². The lowest BCUT2D eigenvalue weighted by Gasteiger charge is -2.08. The van der Waals surface area contributed by atoms with Crippen LogP contribution in [0.25, 0.3) is 11.4 Å². The molecule has 24 heavy (non-hydrogen) atoms. The Morgan fingerprint density at radius 2 is 2.04 bits per heavy atom. The lowest BCUT2D eigenvalue weighted by Crippen LogP contribution is -2.11. The third-order valence-electron chi connectivity index (χ3n) is 3.38. The highest BCUT2D eigenvalue weighted by atomic mass is 79.9. The molecule has 0 radical (unpaired) electrons. The first-order valence-electron chi connectivity index (χ1n) is 7.00. The Morgan fingerprint density at radius 1 is 1.25 bits per heavy atom. The SMILES string of the molecule is COc1ccc(F)cc1CSc1nnc(-c2ccccc2Br)n1N. The van der Waals surface area contributed by atoms with E-state index in [4.69, 9.17) is 10.6 Å². The van der Waals surface area contributed by atoms with Crippen LogP contribution in [0.2, 0.25) is 0 Å². The van der Waals surface area contributed by atoms with Crippen molar-refractivity contribution in [3.05, 3.63) is 58.3 Å². The van der Waals surface area contributed by atoms with Crippen LogP contribution in [0.3, 0.4) is 0 Å². The Bertz CT molecular complexity index is 871. The summed E-state index contributed by atoms with van der Waals surface area (Å²) in [6.45, 7) is 0. The van der Waals surface area contributed by atoms with Gasteiger partial charge in [-0.3, -0.25) is 0 Å². The second-order valence-electron chi connectivity index (χ2n) is 4.90. The topological polar surface area (TPSA) is 66.0 Å². The summed E-state index contributed by atoms with van der Waals surface area (Å²) in [5.74, 6) is 7.44. The Morgan fingerprint density at radius 3 is 2.79 bits per heavy atom. The van der Waals surface area contributed by atoms with Gasteiger partial charge in [-0.1, -0.05) is 39.8 Å². The highest BCUT2D eigenvalue weighted by Crippen LogP contribution is 2.31. The fourth-order valence-electron chi connectivity index (χ4n) is 2.20. The average Bonchev–Trinajstić information content (AvgIpc) is 2.94. The van der Waals surface area contributed by atoms with E-state index in [-0.39, 0.29) is 5.82 Å². The van der Waals surface area contributed by atoms with Crippen LogP contribution in [0.4, 0.5) is 4.39 Å². The number of halogens is 2. The zero-order chi connectivity index (χ0) is 17.1. The molecule has 0 fully saturated rings. The normalized spacial score (nSPS) is 10.8. The molecule has 124 valence electrons. The van der Waals surface area contributed by atoms with E-state index in [1.165, 1.54) is 28.6 Å². The molecule has 0 unspecified atom stereocenters. The van der Waals surface area contributed by atoms with E-state index in [1.807, 2.05) is 24.3 Å². The molecule has 1 aromatic heterocycles. The molecule has 5 nitrogen and oxygen atoms in total. The summed E-state index contributed by atoms with van der Waals surface area (Å²) in [4.78, 5) is 0. The maximum atomic E-state index is 13.4. The Hall–Kier alpha value is -2.06. The number of aromatic nitrogens is 3. The molecule has 0 atom stereocenters. The molecule has 0 spiro atoms. The fraction of sp³-hybridized carbons (Fsp3) is 0.125. The standard InChI is InChI=1S/C16H14BrFN4OS/c1-23-14-7-6-11(18)8-10(14)9-24-16-21-20-15(22(16)19)12-4-2-3-5-13(12)17/h2-8H,9,19H2,1H3. The van der Waals surface area contributed by atoms with Gasteiger partial charge >= 0.3 is 0 Å². The second kappa shape index (κ2) is 7.23. The number of nitrogen functional groups attached to an aromatic ring is 1. The van der Waals surface area contributed by atoms with E-state index >= 15 is 0 Å². The lowest BCUT2D eigenvalue weighted by atomic mass is 10.2. The maximum Gasteiger partial charge on any atom is 0.210 e. The van der Waals surface area contributed by atoms with Gasteiger partial charge in [-0.25, -0.2) is 9.07 Å². The quantitative estimate of drug-likeness (QED) is 0.512. The molecular formula is C16H14BrFN4OS. The molecule has 3 aromatic rings. The van der Waals surface area contributed by atoms with Gasteiger partial charge in [0.2, 0.25) is 5.16 Å². The van der Waals surface area contributed by atoms with Crippen LogP contribution in [0.15, 0.2) is 52.1 Å². The van der Waals surface area contributed by atoms with Crippen LogP contribution < -0.4 is 10.6 Å². The van der Waals surface area contributed by atoms with Crippen LogP contribution in [-0.2, 0) is 5.75 Å². The second-order valence-corrected chi connectivity index (χ2v) is 6.70. The van der Waals surface area contributed by atoms with E-state index in [0.717, 1.165) is 15.6 Å². The third kappa shape index (κ3) is 3.39. The zero-order valence-electron chi connectivity index (χ0n) is 12.7. The minimum absolute atomic E-state index is 0.311. The zero-order valence-corrected chi connectivity index (χ0v) is 15.1. The highest BCUT2D eigenvalue weighted by molar-refractivity contribution is 9.10. The Balaban J connectivity index is 1.83. The van der Waals surface area contributed by atoms with Gasteiger partial charge in [0.15, 0.2) is 5.82 Å². The first-order valence-corrected chi connectivity index (χ1v) is 8.78. The van der Waals surface area contributed by atoms with Crippen molar-refractivity contribution in [2.75, 3.05) is 13.0 Å². The van der Waals surface area contributed by atoms with E-state index in [2.05, 4.69) is 26.1 Å². The minimum atomic E-state index is -0.311. The van der Waals surface area contributed by atoms with E-state index in [1.54, 1.807) is 13.2 Å². The van der Waals surface area contributed by atoms with Crippen molar-refractivity contribution in [2.45, 2.75) is 10.9 Å². The largest absolute Gasteiger partial charge is 0.496 e. The van der Waals surface area contributed by atoms with Crippen LogP contribution >= 0.6 is 27.7 Å². The first-order chi connectivity index (χ1) is 11.6. The van der Waals surface area contributed by atoms with Gasteiger partial charge in [0.05, 0.1) is 7.11 Å². The summed E-state index contributed by atoms with van der Waals surface area (Å²) in [7, 11) is 1.55. The summed E-state index contributed by atoms with van der Waals surface area (Å²) in [6, 6.07) is 12.0. The fourth-order valence-corrected chi connectivity index (χ4v) is 3.50. The number of hydrogen-bond donors (Lipinski definition) is 1. The van der Waals surface area contributed by atoms with Crippen LogP contribution in [0.1, 0.15) is 5.56 Å². The van der Waals surface area contributed by atoms with Gasteiger partial charge in [0, 0.05) is 21.4 Å². The van der Waals surface area contributed by atoms with Gasteiger partial charge in [-0.05, 0) is 30.3 Å². The maximum absolute atomic E-state index is 13.4. The number of benzene rings is 2. The molecule has 2 aromatic carbocycles. The molecule has 0 aliphatic carbocycles. The molecule has 0 aliphatic rings. The Kier molecular flexibility index (Phi) is 5.06.